The second-order valence-electron chi connectivity index (χ2n) is 5.86. The molecular formula is C15H28N4. The van der Waals surface area contributed by atoms with Gasteiger partial charge in [0.2, 0.25) is 0 Å². The molecule has 0 spiro atoms. The fourth-order valence-corrected chi connectivity index (χ4v) is 2.87. The van der Waals surface area contributed by atoms with E-state index in [0.29, 0.717) is 6.04 Å². The highest BCUT2D eigenvalue weighted by Gasteiger charge is 2.16. The number of hydrogen-bond donors (Lipinski definition) is 0. The van der Waals surface area contributed by atoms with Crippen LogP contribution in [0.3, 0.4) is 0 Å². The van der Waals surface area contributed by atoms with Crippen molar-refractivity contribution in [1.82, 2.24) is 19.4 Å². The second-order valence-corrected chi connectivity index (χ2v) is 5.86. The van der Waals surface area contributed by atoms with Gasteiger partial charge in [0.1, 0.15) is 0 Å². The van der Waals surface area contributed by atoms with E-state index in [4.69, 9.17) is 0 Å². The van der Waals surface area contributed by atoms with Gasteiger partial charge >= 0.3 is 0 Å². The van der Waals surface area contributed by atoms with Crippen LogP contribution in [0.2, 0.25) is 0 Å². The van der Waals surface area contributed by atoms with Crippen molar-refractivity contribution < 1.29 is 0 Å². The quantitative estimate of drug-likeness (QED) is 0.816. The summed E-state index contributed by atoms with van der Waals surface area (Å²) in [6.45, 7) is 13.9. The number of hydrogen-bond acceptors (Lipinski definition) is 3. The zero-order valence-corrected chi connectivity index (χ0v) is 12.7. The highest BCUT2D eigenvalue weighted by Crippen LogP contribution is 2.13. The minimum Gasteiger partial charge on any atom is -0.331 e. The van der Waals surface area contributed by atoms with Gasteiger partial charge in [-0.3, -0.25) is 4.90 Å². The first-order chi connectivity index (χ1) is 9.20. The van der Waals surface area contributed by atoms with Crippen molar-refractivity contribution in [2.24, 2.45) is 0 Å². The smallest absolute Gasteiger partial charge is 0.0951 e. The Labute approximate surface area is 117 Å². The Morgan fingerprint density at radius 1 is 1.16 bits per heavy atom. The van der Waals surface area contributed by atoms with E-state index >= 15 is 0 Å². The van der Waals surface area contributed by atoms with Gasteiger partial charge < -0.3 is 9.47 Å². The summed E-state index contributed by atoms with van der Waals surface area (Å²) in [5, 5.41) is 0. The van der Waals surface area contributed by atoms with Crippen LogP contribution in [0.25, 0.3) is 0 Å². The summed E-state index contributed by atoms with van der Waals surface area (Å²) in [6, 6.07) is 0.501. The van der Waals surface area contributed by atoms with E-state index in [9.17, 15) is 0 Å². The molecule has 4 nitrogen and oxygen atoms in total. The number of nitrogens with zero attached hydrogens (tertiary/aromatic N) is 4. The maximum atomic E-state index is 4.30. The van der Waals surface area contributed by atoms with Gasteiger partial charge in [0.25, 0.3) is 0 Å². The Bertz CT molecular complexity index is 372. The first-order valence-corrected chi connectivity index (χ1v) is 7.66. The average Bonchev–Trinajstić information content (AvgIpc) is 2.72. The molecule has 0 unspecified atom stereocenters. The maximum Gasteiger partial charge on any atom is 0.0951 e. The second kappa shape index (κ2) is 7.06. The number of imidazole rings is 1. The third-order valence-electron chi connectivity index (χ3n) is 3.91. The molecule has 1 saturated heterocycles. The van der Waals surface area contributed by atoms with Crippen LogP contribution in [-0.2, 0) is 6.54 Å². The largest absolute Gasteiger partial charge is 0.331 e. The Morgan fingerprint density at radius 3 is 2.63 bits per heavy atom. The van der Waals surface area contributed by atoms with Crippen LogP contribution in [0.4, 0.5) is 0 Å². The predicted molar refractivity (Wildman–Crippen MR) is 79.2 cm³/mol. The van der Waals surface area contributed by atoms with Crippen molar-refractivity contribution in [3.63, 3.8) is 0 Å². The molecule has 108 valence electrons. The standard InChI is InChI=1S/C15H28N4/c1-4-6-17-7-5-8-18(10-9-17)12-15-11-16-13-19(15)14(2)3/h11,13-14H,4-10,12H2,1-3H3. The molecule has 1 fully saturated rings. The van der Waals surface area contributed by atoms with E-state index in [1.807, 2.05) is 12.5 Å². The lowest BCUT2D eigenvalue weighted by Gasteiger charge is -2.22. The van der Waals surface area contributed by atoms with Crippen LogP contribution in [0.15, 0.2) is 12.5 Å². The van der Waals surface area contributed by atoms with Gasteiger partial charge in [-0.2, -0.15) is 0 Å². The third kappa shape index (κ3) is 4.05. The minimum atomic E-state index is 0.501. The van der Waals surface area contributed by atoms with Crippen LogP contribution in [0.5, 0.6) is 0 Å². The molecule has 0 aromatic carbocycles. The van der Waals surface area contributed by atoms with E-state index in [2.05, 4.69) is 40.1 Å². The molecular weight excluding hydrogens is 236 g/mol. The fraction of sp³-hybridized carbons (Fsp3) is 0.800. The molecule has 0 radical (unpaired) electrons. The predicted octanol–water partition coefficient (Wildman–Crippen LogP) is 2.38. The molecule has 1 aromatic rings. The summed E-state index contributed by atoms with van der Waals surface area (Å²) in [5.74, 6) is 0. The maximum absolute atomic E-state index is 4.30. The molecule has 2 heterocycles. The van der Waals surface area contributed by atoms with Gasteiger partial charge in [-0.1, -0.05) is 6.92 Å². The molecule has 0 amide bonds. The van der Waals surface area contributed by atoms with Crippen LogP contribution < -0.4 is 0 Å². The van der Waals surface area contributed by atoms with Crippen molar-refractivity contribution in [1.29, 1.82) is 0 Å². The van der Waals surface area contributed by atoms with Crippen molar-refractivity contribution >= 4 is 0 Å². The zero-order valence-electron chi connectivity index (χ0n) is 12.7. The SMILES string of the molecule is CCCN1CCCN(Cc2cncn2C(C)C)CC1. The highest BCUT2D eigenvalue weighted by atomic mass is 15.2. The van der Waals surface area contributed by atoms with E-state index in [1.54, 1.807) is 0 Å². The van der Waals surface area contributed by atoms with Crippen LogP contribution in [0, 0.1) is 0 Å². The lowest BCUT2D eigenvalue weighted by molar-refractivity contribution is 0.247. The molecule has 0 bridgehead atoms. The van der Waals surface area contributed by atoms with Gasteiger partial charge in [0.05, 0.1) is 12.0 Å². The monoisotopic (exact) mass is 264 g/mol. The fourth-order valence-electron chi connectivity index (χ4n) is 2.87. The molecule has 19 heavy (non-hydrogen) atoms. The Balaban J connectivity index is 1.90. The van der Waals surface area contributed by atoms with Gasteiger partial charge in [-0.25, -0.2) is 4.98 Å². The summed E-state index contributed by atoms with van der Waals surface area (Å²) in [4.78, 5) is 9.47. The van der Waals surface area contributed by atoms with Crippen LogP contribution in [-0.4, -0.2) is 52.1 Å². The molecule has 2 rings (SSSR count). The Morgan fingerprint density at radius 2 is 1.89 bits per heavy atom. The lowest BCUT2D eigenvalue weighted by Crippen LogP contribution is -2.31. The molecule has 1 aliphatic heterocycles. The van der Waals surface area contributed by atoms with E-state index < -0.39 is 0 Å². The van der Waals surface area contributed by atoms with Crippen LogP contribution >= 0.6 is 0 Å². The van der Waals surface area contributed by atoms with E-state index in [-0.39, 0.29) is 0 Å². The molecule has 1 aromatic heterocycles. The number of rotatable bonds is 5. The number of aromatic nitrogens is 2. The van der Waals surface area contributed by atoms with Crippen molar-refractivity contribution in [3.8, 4) is 0 Å². The summed E-state index contributed by atoms with van der Waals surface area (Å²) < 4.78 is 2.29. The summed E-state index contributed by atoms with van der Waals surface area (Å²) >= 11 is 0. The van der Waals surface area contributed by atoms with Gasteiger partial charge in [0, 0.05) is 31.9 Å². The summed E-state index contributed by atoms with van der Waals surface area (Å²) in [6.07, 6.45) is 6.53. The minimum absolute atomic E-state index is 0.501. The Kier molecular flexibility index (Phi) is 5.40. The van der Waals surface area contributed by atoms with E-state index in [0.717, 1.165) is 6.54 Å². The summed E-state index contributed by atoms with van der Waals surface area (Å²) in [7, 11) is 0. The summed E-state index contributed by atoms with van der Waals surface area (Å²) in [5.41, 5.74) is 1.35. The average molecular weight is 264 g/mol. The van der Waals surface area contributed by atoms with Crippen LogP contribution in [0.1, 0.15) is 45.3 Å². The molecule has 0 saturated carbocycles. The highest BCUT2D eigenvalue weighted by molar-refractivity contribution is 5.00. The van der Waals surface area contributed by atoms with Crippen molar-refractivity contribution in [2.75, 3.05) is 32.7 Å². The molecule has 1 aliphatic rings. The molecule has 0 aliphatic carbocycles. The third-order valence-corrected chi connectivity index (χ3v) is 3.91. The van der Waals surface area contributed by atoms with Gasteiger partial charge in [0.15, 0.2) is 0 Å². The molecule has 0 N–H and O–H groups in total. The van der Waals surface area contributed by atoms with E-state index in [1.165, 1.54) is 51.3 Å². The normalized spacial score (nSPS) is 18.9. The first-order valence-electron chi connectivity index (χ1n) is 7.66. The van der Waals surface area contributed by atoms with Crippen molar-refractivity contribution in [2.45, 2.75) is 46.2 Å². The van der Waals surface area contributed by atoms with Gasteiger partial charge in [-0.15, -0.1) is 0 Å². The Hall–Kier alpha value is -0.870. The van der Waals surface area contributed by atoms with Gasteiger partial charge in [-0.05, 0) is 46.3 Å². The van der Waals surface area contributed by atoms with Crippen molar-refractivity contribution in [3.05, 3.63) is 18.2 Å². The zero-order chi connectivity index (χ0) is 13.7. The molecule has 0 atom stereocenters. The lowest BCUT2D eigenvalue weighted by atomic mass is 10.3. The topological polar surface area (TPSA) is 24.3 Å². The molecule has 4 heteroatoms. The first kappa shape index (κ1) is 14.5.